The molecule has 1 aliphatic heterocycles. The molecule has 0 N–H and O–H groups in total. The van der Waals surface area contributed by atoms with Crippen LogP contribution in [0.1, 0.15) is 33.8 Å². The highest BCUT2D eigenvalue weighted by molar-refractivity contribution is 9.10. The summed E-state index contributed by atoms with van der Waals surface area (Å²) < 4.78 is 13.8. The van der Waals surface area contributed by atoms with Crippen molar-refractivity contribution in [1.82, 2.24) is 4.90 Å². The number of amides is 1. The zero-order chi connectivity index (χ0) is 14.3. The van der Waals surface area contributed by atoms with Crippen molar-refractivity contribution in [2.45, 2.75) is 19.4 Å². The average Bonchev–Trinajstić information content (AvgIpc) is 2.91. The van der Waals surface area contributed by atoms with Crippen molar-refractivity contribution >= 4 is 33.2 Å². The second-order valence-corrected chi connectivity index (χ2v) is 6.62. The largest absolute Gasteiger partial charge is 0.331 e. The Balaban J connectivity index is 1.94. The summed E-state index contributed by atoms with van der Waals surface area (Å²) in [6.07, 6.45) is 0.871. The van der Waals surface area contributed by atoms with Crippen LogP contribution in [0.2, 0.25) is 0 Å². The highest BCUT2D eigenvalue weighted by Gasteiger charge is 2.30. The van der Waals surface area contributed by atoms with Crippen molar-refractivity contribution in [3.8, 4) is 0 Å². The van der Waals surface area contributed by atoms with Crippen molar-refractivity contribution < 1.29 is 9.18 Å². The van der Waals surface area contributed by atoms with Crippen molar-refractivity contribution in [2.24, 2.45) is 0 Å². The van der Waals surface area contributed by atoms with E-state index in [1.807, 2.05) is 11.8 Å². The van der Waals surface area contributed by atoms with Gasteiger partial charge in [0.1, 0.15) is 5.82 Å². The highest BCUT2D eigenvalue weighted by atomic mass is 79.9. The Hall–Kier alpha value is -1.20. The van der Waals surface area contributed by atoms with Crippen LogP contribution in [-0.4, -0.2) is 17.4 Å². The monoisotopic (exact) mass is 353 g/mol. The molecular formula is C15H13BrFNOS. The van der Waals surface area contributed by atoms with Gasteiger partial charge in [-0.3, -0.25) is 4.79 Å². The van der Waals surface area contributed by atoms with Gasteiger partial charge in [0.25, 0.3) is 5.91 Å². The molecular weight excluding hydrogens is 341 g/mol. The molecule has 20 heavy (non-hydrogen) atoms. The van der Waals surface area contributed by atoms with E-state index in [0.29, 0.717) is 12.1 Å². The van der Waals surface area contributed by atoms with Gasteiger partial charge >= 0.3 is 0 Å². The molecule has 0 bridgehead atoms. The Morgan fingerprint density at radius 1 is 1.45 bits per heavy atom. The van der Waals surface area contributed by atoms with E-state index in [-0.39, 0.29) is 16.4 Å². The lowest BCUT2D eigenvalue weighted by Gasteiger charge is -2.34. The summed E-state index contributed by atoms with van der Waals surface area (Å²) in [5.74, 6) is -0.530. The van der Waals surface area contributed by atoms with Crippen molar-refractivity contribution in [1.29, 1.82) is 0 Å². The van der Waals surface area contributed by atoms with Gasteiger partial charge in [0.15, 0.2) is 0 Å². The molecule has 1 unspecified atom stereocenters. The number of hydrogen-bond donors (Lipinski definition) is 0. The zero-order valence-corrected chi connectivity index (χ0v) is 13.3. The molecule has 5 heteroatoms. The Kier molecular flexibility index (Phi) is 3.65. The fourth-order valence-corrected chi connectivity index (χ4v) is 4.01. The average molecular weight is 354 g/mol. The molecule has 0 radical (unpaired) electrons. The third-order valence-corrected chi connectivity index (χ3v) is 5.52. The number of fused-ring (bicyclic) bond motifs is 1. The van der Waals surface area contributed by atoms with Crippen molar-refractivity contribution in [3.05, 3.63) is 55.9 Å². The first kappa shape index (κ1) is 13.8. The number of carbonyl (C=O) groups is 1. The molecule has 3 rings (SSSR count). The lowest BCUT2D eigenvalue weighted by molar-refractivity contribution is 0.0678. The van der Waals surface area contributed by atoms with Crippen LogP contribution in [0.5, 0.6) is 0 Å². The zero-order valence-electron chi connectivity index (χ0n) is 10.9. The van der Waals surface area contributed by atoms with E-state index < -0.39 is 5.82 Å². The summed E-state index contributed by atoms with van der Waals surface area (Å²) in [5.41, 5.74) is 1.60. The van der Waals surface area contributed by atoms with Gasteiger partial charge < -0.3 is 4.90 Å². The minimum absolute atomic E-state index is 0.0349. The topological polar surface area (TPSA) is 20.3 Å². The Morgan fingerprint density at radius 2 is 2.25 bits per heavy atom. The van der Waals surface area contributed by atoms with E-state index in [2.05, 4.69) is 27.4 Å². The van der Waals surface area contributed by atoms with E-state index in [1.165, 1.54) is 16.5 Å². The molecule has 2 heterocycles. The number of thiophene rings is 1. The SMILES string of the molecule is CC1c2ccsc2CCN1C(=O)c1cccc(F)c1Br. The first-order valence-electron chi connectivity index (χ1n) is 6.41. The molecule has 0 fully saturated rings. The highest BCUT2D eigenvalue weighted by Crippen LogP contribution is 2.34. The quantitative estimate of drug-likeness (QED) is 0.743. The van der Waals surface area contributed by atoms with E-state index in [0.717, 1.165) is 6.42 Å². The fraction of sp³-hybridized carbons (Fsp3) is 0.267. The lowest BCUT2D eigenvalue weighted by Crippen LogP contribution is -2.38. The maximum atomic E-state index is 13.6. The van der Waals surface area contributed by atoms with Crippen LogP contribution in [0.3, 0.4) is 0 Å². The summed E-state index contributed by atoms with van der Waals surface area (Å²) in [5, 5.41) is 2.06. The first-order valence-corrected chi connectivity index (χ1v) is 8.08. The van der Waals surface area contributed by atoms with Crippen LogP contribution in [-0.2, 0) is 6.42 Å². The van der Waals surface area contributed by atoms with Gasteiger partial charge in [-0.2, -0.15) is 0 Å². The number of nitrogens with zero attached hydrogens (tertiary/aromatic N) is 1. The van der Waals surface area contributed by atoms with Crippen LogP contribution >= 0.6 is 27.3 Å². The third kappa shape index (κ3) is 2.19. The van der Waals surface area contributed by atoms with E-state index in [9.17, 15) is 9.18 Å². The summed E-state index contributed by atoms with van der Waals surface area (Å²) in [4.78, 5) is 15.8. The molecule has 2 nitrogen and oxygen atoms in total. The van der Waals surface area contributed by atoms with E-state index in [1.54, 1.807) is 23.5 Å². The third-order valence-electron chi connectivity index (χ3n) is 3.72. The van der Waals surface area contributed by atoms with Gasteiger partial charge in [-0.15, -0.1) is 11.3 Å². The Bertz CT molecular complexity index is 670. The normalized spacial score (nSPS) is 17.9. The van der Waals surface area contributed by atoms with Gasteiger partial charge in [-0.05, 0) is 58.4 Å². The molecule has 1 aromatic carbocycles. The molecule has 1 atom stereocenters. The van der Waals surface area contributed by atoms with E-state index in [4.69, 9.17) is 0 Å². The van der Waals surface area contributed by atoms with Crippen LogP contribution in [0.4, 0.5) is 4.39 Å². The van der Waals surface area contributed by atoms with Crippen LogP contribution < -0.4 is 0 Å². The number of benzene rings is 1. The maximum absolute atomic E-state index is 13.6. The molecule has 1 aromatic heterocycles. The number of rotatable bonds is 1. The second kappa shape index (κ2) is 5.30. The van der Waals surface area contributed by atoms with Gasteiger partial charge in [0.2, 0.25) is 0 Å². The summed E-state index contributed by atoms with van der Waals surface area (Å²) in [6, 6.07) is 6.68. The van der Waals surface area contributed by atoms with Gasteiger partial charge in [0.05, 0.1) is 16.1 Å². The molecule has 0 saturated carbocycles. The van der Waals surface area contributed by atoms with Crippen LogP contribution in [0.25, 0.3) is 0 Å². The molecule has 1 aliphatic rings. The molecule has 104 valence electrons. The van der Waals surface area contributed by atoms with E-state index >= 15 is 0 Å². The maximum Gasteiger partial charge on any atom is 0.255 e. The first-order chi connectivity index (χ1) is 9.59. The second-order valence-electron chi connectivity index (χ2n) is 4.83. The molecule has 1 amide bonds. The lowest BCUT2D eigenvalue weighted by atomic mass is 10.0. The summed E-state index contributed by atoms with van der Waals surface area (Å²) in [6.45, 7) is 2.70. The Morgan fingerprint density at radius 3 is 3.05 bits per heavy atom. The summed E-state index contributed by atoms with van der Waals surface area (Å²) in [7, 11) is 0. The standard InChI is InChI=1S/C15H13BrFNOS/c1-9-10-6-8-20-13(10)5-7-18(9)15(19)11-3-2-4-12(17)14(11)16/h2-4,6,8-9H,5,7H2,1H3. The predicted octanol–water partition coefficient (Wildman–Crippen LogP) is 4.41. The van der Waals surface area contributed by atoms with Gasteiger partial charge in [-0.25, -0.2) is 4.39 Å². The fourth-order valence-electron chi connectivity index (χ4n) is 2.61. The minimum Gasteiger partial charge on any atom is -0.331 e. The van der Waals surface area contributed by atoms with Gasteiger partial charge in [-0.1, -0.05) is 6.07 Å². The van der Waals surface area contributed by atoms with Crippen molar-refractivity contribution in [2.75, 3.05) is 6.54 Å². The van der Waals surface area contributed by atoms with Crippen LogP contribution in [0.15, 0.2) is 34.1 Å². The number of halogens is 2. The molecule has 0 saturated heterocycles. The minimum atomic E-state index is -0.406. The van der Waals surface area contributed by atoms with Crippen LogP contribution in [0, 0.1) is 5.82 Å². The number of carbonyl (C=O) groups excluding carboxylic acids is 1. The summed E-state index contributed by atoms with van der Waals surface area (Å²) >= 11 is 4.91. The van der Waals surface area contributed by atoms with Crippen molar-refractivity contribution in [3.63, 3.8) is 0 Å². The smallest absolute Gasteiger partial charge is 0.255 e. The Labute approximate surface area is 129 Å². The van der Waals surface area contributed by atoms with Gasteiger partial charge in [0, 0.05) is 11.4 Å². The molecule has 2 aromatic rings. The number of hydrogen-bond acceptors (Lipinski definition) is 2. The molecule has 0 spiro atoms. The predicted molar refractivity (Wildman–Crippen MR) is 81.6 cm³/mol. The molecule has 0 aliphatic carbocycles.